The van der Waals surface area contributed by atoms with E-state index in [1.807, 2.05) is 37.3 Å². The number of rotatable bonds is 8. The number of aliphatic hydroxyl groups excluding tert-OH is 1. The van der Waals surface area contributed by atoms with Crippen molar-refractivity contribution in [2.45, 2.75) is 19.8 Å². The Morgan fingerprint density at radius 3 is 2.55 bits per heavy atom. The van der Waals surface area contributed by atoms with E-state index in [2.05, 4.69) is 5.32 Å². The first kappa shape index (κ1) is 16.2. The number of carbonyl (C=O) groups is 2. The van der Waals surface area contributed by atoms with Crippen LogP contribution in [0.4, 0.5) is 0 Å². The van der Waals surface area contributed by atoms with Crippen molar-refractivity contribution in [2.24, 2.45) is 0 Å². The molecular formula is C15H22N2O3. The maximum Gasteiger partial charge on any atom is 0.224 e. The summed E-state index contributed by atoms with van der Waals surface area (Å²) in [6.45, 7) is 3.05. The molecule has 0 fully saturated rings. The van der Waals surface area contributed by atoms with Crippen LogP contribution in [0, 0.1) is 0 Å². The molecule has 0 saturated carbocycles. The molecule has 0 aliphatic carbocycles. The molecule has 2 N–H and O–H groups in total. The molecule has 0 heterocycles. The zero-order chi connectivity index (χ0) is 14.8. The Kier molecular flexibility index (Phi) is 7.35. The molecule has 20 heavy (non-hydrogen) atoms. The number of aliphatic hydroxyl groups is 1. The van der Waals surface area contributed by atoms with Crippen LogP contribution in [-0.4, -0.2) is 48.1 Å². The van der Waals surface area contributed by atoms with Gasteiger partial charge in [0.25, 0.3) is 0 Å². The quantitative estimate of drug-likeness (QED) is 0.730. The highest BCUT2D eigenvalue weighted by molar-refractivity contribution is 5.80. The van der Waals surface area contributed by atoms with E-state index >= 15 is 0 Å². The molecule has 1 aromatic rings. The minimum Gasteiger partial charge on any atom is -0.395 e. The minimum atomic E-state index is -0.0887. The standard InChI is InChI=1S/C15H22N2O3/c1-2-17(10-11-18)15(20)8-9-16-14(19)12-13-6-4-3-5-7-13/h3-7,18H,2,8-12H2,1H3,(H,16,19). The molecule has 0 radical (unpaired) electrons. The molecule has 0 spiro atoms. The van der Waals surface area contributed by atoms with Crippen molar-refractivity contribution in [1.29, 1.82) is 0 Å². The van der Waals surface area contributed by atoms with Crippen molar-refractivity contribution in [3.8, 4) is 0 Å². The number of likely N-dealkylation sites (N-methyl/N-ethyl adjacent to an activating group) is 1. The Morgan fingerprint density at radius 2 is 1.95 bits per heavy atom. The van der Waals surface area contributed by atoms with E-state index in [4.69, 9.17) is 5.11 Å². The van der Waals surface area contributed by atoms with Gasteiger partial charge in [-0.1, -0.05) is 30.3 Å². The van der Waals surface area contributed by atoms with Gasteiger partial charge in [-0.3, -0.25) is 9.59 Å². The van der Waals surface area contributed by atoms with Gasteiger partial charge < -0.3 is 15.3 Å². The fourth-order valence-electron chi connectivity index (χ4n) is 1.89. The molecule has 0 atom stereocenters. The topological polar surface area (TPSA) is 69.6 Å². The van der Waals surface area contributed by atoms with Crippen molar-refractivity contribution in [3.63, 3.8) is 0 Å². The maximum absolute atomic E-state index is 11.8. The van der Waals surface area contributed by atoms with Gasteiger partial charge in [-0.05, 0) is 12.5 Å². The van der Waals surface area contributed by atoms with Gasteiger partial charge in [0.15, 0.2) is 0 Å². The highest BCUT2D eigenvalue weighted by Gasteiger charge is 2.11. The van der Waals surface area contributed by atoms with Crippen LogP contribution in [0.2, 0.25) is 0 Å². The SMILES string of the molecule is CCN(CCO)C(=O)CCNC(=O)Cc1ccccc1. The molecule has 0 unspecified atom stereocenters. The van der Waals surface area contributed by atoms with E-state index in [0.717, 1.165) is 5.56 Å². The fourth-order valence-corrected chi connectivity index (χ4v) is 1.89. The molecule has 0 aromatic heterocycles. The molecular weight excluding hydrogens is 256 g/mol. The lowest BCUT2D eigenvalue weighted by molar-refractivity contribution is -0.131. The number of nitrogens with one attached hydrogen (secondary N) is 1. The van der Waals surface area contributed by atoms with Crippen molar-refractivity contribution < 1.29 is 14.7 Å². The van der Waals surface area contributed by atoms with Gasteiger partial charge in [0.1, 0.15) is 0 Å². The van der Waals surface area contributed by atoms with Crippen LogP contribution < -0.4 is 5.32 Å². The molecule has 0 bridgehead atoms. The van der Waals surface area contributed by atoms with Gasteiger partial charge in [0.2, 0.25) is 11.8 Å². The van der Waals surface area contributed by atoms with Gasteiger partial charge in [-0.2, -0.15) is 0 Å². The Labute approximate surface area is 119 Å². The van der Waals surface area contributed by atoms with Gasteiger partial charge >= 0.3 is 0 Å². The summed E-state index contributed by atoms with van der Waals surface area (Å²) in [6, 6.07) is 9.47. The van der Waals surface area contributed by atoms with Crippen LogP contribution in [-0.2, 0) is 16.0 Å². The number of amides is 2. The molecule has 0 saturated heterocycles. The second-order valence-corrected chi connectivity index (χ2v) is 4.46. The fraction of sp³-hybridized carbons (Fsp3) is 0.467. The van der Waals surface area contributed by atoms with Gasteiger partial charge in [0.05, 0.1) is 13.0 Å². The van der Waals surface area contributed by atoms with Gasteiger partial charge in [0, 0.05) is 26.1 Å². The normalized spacial score (nSPS) is 10.1. The number of carbonyl (C=O) groups excluding carboxylic acids is 2. The molecule has 5 heteroatoms. The Hall–Kier alpha value is -1.88. The summed E-state index contributed by atoms with van der Waals surface area (Å²) < 4.78 is 0. The van der Waals surface area contributed by atoms with Crippen LogP contribution in [0.3, 0.4) is 0 Å². The van der Waals surface area contributed by atoms with Crippen LogP contribution in [0.25, 0.3) is 0 Å². The Morgan fingerprint density at radius 1 is 1.25 bits per heavy atom. The first-order valence-corrected chi connectivity index (χ1v) is 6.86. The van der Waals surface area contributed by atoms with Crippen LogP contribution in [0.5, 0.6) is 0 Å². The molecule has 2 amide bonds. The summed E-state index contributed by atoms with van der Waals surface area (Å²) in [4.78, 5) is 25.0. The second-order valence-electron chi connectivity index (χ2n) is 4.46. The van der Waals surface area contributed by atoms with Crippen LogP contribution >= 0.6 is 0 Å². The van der Waals surface area contributed by atoms with E-state index in [1.54, 1.807) is 4.90 Å². The average molecular weight is 278 g/mol. The number of hydrogen-bond acceptors (Lipinski definition) is 3. The minimum absolute atomic E-state index is 0.0417. The molecule has 0 aliphatic heterocycles. The van der Waals surface area contributed by atoms with E-state index in [9.17, 15) is 9.59 Å². The largest absolute Gasteiger partial charge is 0.395 e. The Balaban J connectivity index is 2.26. The number of nitrogens with zero attached hydrogens (tertiary/aromatic N) is 1. The van der Waals surface area contributed by atoms with Crippen LogP contribution in [0.1, 0.15) is 18.9 Å². The third kappa shape index (κ3) is 5.84. The van der Waals surface area contributed by atoms with Crippen LogP contribution in [0.15, 0.2) is 30.3 Å². The summed E-state index contributed by atoms with van der Waals surface area (Å²) in [7, 11) is 0. The zero-order valence-electron chi connectivity index (χ0n) is 11.8. The third-order valence-corrected chi connectivity index (χ3v) is 2.97. The summed E-state index contributed by atoms with van der Waals surface area (Å²) in [5.74, 6) is -0.143. The Bertz CT molecular complexity index is 420. The zero-order valence-corrected chi connectivity index (χ0v) is 11.8. The van der Waals surface area contributed by atoms with E-state index in [1.165, 1.54) is 0 Å². The summed E-state index contributed by atoms with van der Waals surface area (Å²) in [5.41, 5.74) is 0.951. The lowest BCUT2D eigenvalue weighted by atomic mass is 10.1. The van der Waals surface area contributed by atoms with Crippen molar-refractivity contribution in [2.75, 3.05) is 26.2 Å². The smallest absolute Gasteiger partial charge is 0.224 e. The molecule has 1 rings (SSSR count). The predicted octanol–water partition coefficient (Wildman–Crippen LogP) is 0.576. The predicted molar refractivity (Wildman–Crippen MR) is 77.1 cm³/mol. The first-order valence-electron chi connectivity index (χ1n) is 6.86. The summed E-state index contributed by atoms with van der Waals surface area (Å²) in [6.07, 6.45) is 0.581. The average Bonchev–Trinajstić information content (AvgIpc) is 2.45. The highest BCUT2D eigenvalue weighted by atomic mass is 16.3. The van der Waals surface area contributed by atoms with E-state index < -0.39 is 0 Å². The third-order valence-electron chi connectivity index (χ3n) is 2.97. The molecule has 110 valence electrons. The summed E-state index contributed by atoms with van der Waals surface area (Å²) in [5, 5.41) is 11.6. The molecule has 1 aromatic carbocycles. The maximum atomic E-state index is 11.8. The lowest BCUT2D eigenvalue weighted by Crippen LogP contribution is -2.36. The van der Waals surface area contributed by atoms with E-state index in [0.29, 0.717) is 26.1 Å². The number of hydrogen-bond donors (Lipinski definition) is 2. The van der Waals surface area contributed by atoms with Crippen molar-refractivity contribution in [3.05, 3.63) is 35.9 Å². The van der Waals surface area contributed by atoms with Gasteiger partial charge in [-0.15, -0.1) is 0 Å². The van der Waals surface area contributed by atoms with E-state index in [-0.39, 0.29) is 24.8 Å². The molecule has 0 aliphatic rings. The number of benzene rings is 1. The van der Waals surface area contributed by atoms with Crippen molar-refractivity contribution in [1.82, 2.24) is 10.2 Å². The molecule has 5 nitrogen and oxygen atoms in total. The van der Waals surface area contributed by atoms with Crippen molar-refractivity contribution >= 4 is 11.8 Å². The second kappa shape index (κ2) is 9.09. The first-order chi connectivity index (χ1) is 9.67. The highest BCUT2D eigenvalue weighted by Crippen LogP contribution is 1.99. The van der Waals surface area contributed by atoms with Gasteiger partial charge in [-0.25, -0.2) is 0 Å². The lowest BCUT2D eigenvalue weighted by Gasteiger charge is -2.19. The monoisotopic (exact) mass is 278 g/mol. The summed E-state index contributed by atoms with van der Waals surface area (Å²) >= 11 is 0.